The quantitative estimate of drug-likeness (QED) is 0.476. The summed E-state index contributed by atoms with van der Waals surface area (Å²) in [6.07, 6.45) is 3.56. The molecule has 2 aliphatic heterocycles. The summed E-state index contributed by atoms with van der Waals surface area (Å²) in [5.74, 6) is 0.754. The molecule has 1 aromatic heterocycles. The summed E-state index contributed by atoms with van der Waals surface area (Å²) in [7, 11) is 0. The van der Waals surface area contributed by atoms with Gasteiger partial charge in [0.25, 0.3) is 0 Å². The number of nitrogens with one attached hydrogen (secondary N) is 2. The molecule has 2 aliphatic rings. The maximum absolute atomic E-state index is 13.5. The van der Waals surface area contributed by atoms with Gasteiger partial charge >= 0.3 is 0 Å². The second kappa shape index (κ2) is 11.2. The van der Waals surface area contributed by atoms with Crippen LogP contribution >= 0.6 is 12.2 Å². The normalized spacial score (nSPS) is 17.5. The third-order valence-corrected chi connectivity index (χ3v) is 7.47. The number of aromatic nitrogens is 1. The molecule has 5 rings (SSSR count). The van der Waals surface area contributed by atoms with E-state index < -0.39 is 0 Å². The number of hydrogen-bond acceptors (Lipinski definition) is 5. The van der Waals surface area contributed by atoms with Crippen LogP contribution in [0.1, 0.15) is 18.4 Å². The van der Waals surface area contributed by atoms with Crippen LogP contribution in [0.2, 0.25) is 0 Å². The summed E-state index contributed by atoms with van der Waals surface area (Å²) >= 11 is 5.59. The number of ether oxygens (including phenoxy) is 1. The first-order chi connectivity index (χ1) is 17.6. The van der Waals surface area contributed by atoms with Crippen LogP contribution in [0, 0.1) is 5.82 Å². The smallest absolute Gasteiger partial charge is 0.170 e. The SMILES string of the molecule is Fc1ccc(C2(CNC(=S)Nc3ccc(N4CCN(c5ccccc5)CC4)nc3)CCOCC2)cc1. The van der Waals surface area contributed by atoms with Gasteiger partial charge in [-0.1, -0.05) is 30.3 Å². The maximum atomic E-state index is 13.5. The molecule has 3 aromatic rings. The van der Waals surface area contributed by atoms with Gasteiger partial charge in [0.1, 0.15) is 11.6 Å². The molecule has 2 fully saturated rings. The second-order valence-electron chi connectivity index (χ2n) is 9.42. The molecule has 2 saturated heterocycles. The number of nitrogens with zero attached hydrogens (tertiary/aromatic N) is 3. The minimum Gasteiger partial charge on any atom is -0.381 e. The van der Waals surface area contributed by atoms with Crippen LogP contribution in [-0.2, 0) is 10.2 Å². The lowest BCUT2D eigenvalue weighted by Gasteiger charge is -2.38. The summed E-state index contributed by atoms with van der Waals surface area (Å²) in [5.41, 5.74) is 3.09. The predicted octanol–water partition coefficient (Wildman–Crippen LogP) is 4.58. The van der Waals surface area contributed by atoms with Gasteiger partial charge in [0.2, 0.25) is 0 Å². The number of para-hydroxylation sites is 1. The van der Waals surface area contributed by atoms with Gasteiger partial charge in [0, 0.05) is 57.0 Å². The van der Waals surface area contributed by atoms with Crippen molar-refractivity contribution in [1.29, 1.82) is 0 Å². The van der Waals surface area contributed by atoms with Gasteiger partial charge in [-0.3, -0.25) is 0 Å². The molecule has 0 saturated carbocycles. The van der Waals surface area contributed by atoms with Crippen LogP contribution in [0.25, 0.3) is 0 Å². The summed E-state index contributed by atoms with van der Waals surface area (Å²) in [5, 5.41) is 7.19. The fourth-order valence-corrected chi connectivity index (χ4v) is 5.23. The summed E-state index contributed by atoms with van der Waals surface area (Å²) in [6, 6.07) is 21.4. The molecule has 6 nitrogen and oxygen atoms in total. The van der Waals surface area contributed by atoms with Crippen LogP contribution in [0.3, 0.4) is 0 Å². The van der Waals surface area contributed by atoms with E-state index in [9.17, 15) is 4.39 Å². The highest BCUT2D eigenvalue weighted by Crippen LogP contribution is 2.34. The van der Waals surface area contributed by atoms with E-state index in [4.69, 9.17) is 17.0 Å². The van der Waals surface area contributed by atoms with Crippen molar-refractivity contribution >= 4 is 34.5 Å². The van der Waals surface area contributed by atoms with Crippen LogP contribution in [-0.4, -0.2) is 56.0 Å². The van der Waals surface area contributed by atoms with Crippen LogP contribution in [0.4, 0.5) is 21.6 Å². The largest absolute Gasteiger partial charge is 0.381 e. The lowest BCUT2D eigenvalue weighted by Crippen LogP contribution is -2.46. The zero-order chi connectivity index (χ0) is 24.8. The Morgan fingerprint density at radius 1 is 0.917 bits per heavy atom. The number of hydrogen-bond donors (Lipinski definition) is 2. The third kappa shape index (κ3) is 5.77. The van der Waals surface area contributed by atoms with Gasteiger partial charge in [0.05, 0.1) is 11.9 Å². The number of piperazine rings is 1. The summed E-state index contributed by atoms with van der Waals surface area (Å²) in [4.78, 5) is 9.41. The van der Waals surface area contributed by atoms with Gasteiger partial charge in [0.15, 0.2) is 5.11 Å². The first-order valence-electron chi connectivity index (χ1n) is 12.5. The van der Waals surface area contributed by atoms with Crippen LogP contribution in [0.5, 0.6) is 0 Å². The molecule has 0 aliphatic carbocycles. The number of halogens is 1. The molecule has 8 heteroatoms. The van der Waals surface area contributed by atoms with E-state index in [0.29, 0.717) is 24.9 Å². The Kier molecular flexibility index (Phi) is 7.63. The van der Waals surface area contributed by atoms with Crippen molar-refractivity contribution in [2.24, 2.45) is 0 Å². The highest BCUT2D eigenvalue weighted by molar-refractivity contribution is 7.80. The van der Waals surface area contributed by atoms with Crippen molar-refractivity contribution in [2.45, 2.75) is 18.3 Å². The van der Waals surface area contributed by atoms with Crippen molar-refractivity contribution < 1.29 is 9.13 Å². The van der Waals surface area contributed by atoms with Crippen molar-refractivity contribution in [2.75, 3.05) is 61.1 Å². The summed E-state index contributed by atoms with van der Waals surface area (Å²) < 4.78 is 19.1. The Morgan fingerprint density at radius 3 is 2.28 bits per heavy atom. The summed E-state index contributed by atoms with van der Waals surface area (Å²) in [6.45, 7) is 5.84. The Balaban J connectivity index is 1.14. The highest BCUT2D eigenvalue weighted by atomic mass is 32.1. The fraction of sp³-hybridized carbons (Fsp3) is 0.357. The van der Waals surface area contributed by atoms with Crippen LogP contribution < -0.4 is 20.4 Å². The van der Waals surface area contributed by atoms with Gasteiger partial charge in [-0.2, -0.15) is 0 Å². The Bertz CT molecular complexity index is 1130. The molecule has 0 atom stereocenters. The monoisotopic (exact) mass is 505 g/mol. The highest BCUT2D eigenvalue weighted by Gasteiger charge is 2.34. The standard InChI is InChI=1S/C28H32FN5OS/c29-23-8-6-22(7-9-23)28(12-18-35-19-13-28)21-31-27(36)32-24-10-11-26(30-20-24)34-16-14-33(15-17-34)25-4-2-1-3-5-25/h1-11,20H,12-19,21H2,(H2,31,32,36). The first-order valence-corrected chi connectivity index (χ1v) is 12.9. The zero-order valence-corrected chi connectivity index (χ0v) is 21.1. The fourth-order valence-electron chi connectivity index (χ4n) is 5.04. The topological polar surface area (TPSA) is 52.7 Å². The van der Waals surface area contributed by atoms with Crippen molar-refractivity contribution in [1.82, 2.24) is 10.3 Å². The van der Waals surface area contributed by atoms with Gasteiger partial charge < -0.3 is 25.2 Å². The van der Waals surface area contributed by atoms with E-state index in [0.717, 1.165) is 56.1 Å². The van der Waals surface area contributed by atoms with E-state index in [-0.39, 0.29) is 11.2 Å². The molecule has 2 aromatic carbocycles. The molecule has 3 heterocycles. The van der Waals surface area contributed by atoms with E-state index in [1.807, 2.05) is 30.5 Å². The van der Waals surface area contributed by atoms with Crippen LogP contribution in [0.15, 0.2) is 72.9 Å². The molecular formula is C28H32FN5OS. The van der Waals surface area contributed by atoms with Crippen molar-refractivity contribution in [3.05, 3.63) is 84.3 Å². The second-order valence-corrected chi connectivity index (χ2v) is 9.83. The predicted molar refractivity (Wildman–Crippen MR) is 147 cm³/mol. The third-order valence-electron chi connectivity index (χ3n) is 7.22. The molecule has 0 radical (unpaired) electrons. The Hall–Kier alpha value is -3.23. The average molecular weight is 506 g/mol. The van der Waals surface area contributed by atoms with Gasteiger partial charge in [-0.15, -0.1) is 0 Å². The number of thiocarbonyl (C=S) groups is 1. The molecule has 0 unspecified atom stereocenters. The molecular weight excluding hydrogens is 473 g/mol. The Morgan fingerprint density at radius 2 is 1.61 bits per heavy atom. The molecule has 0 bridgehead atoms. The lowest BCUT2D eigenvalue weighted by atomic mass is 9.74. The van der Waals surface area contributed by atoms with E-state index in [1.54, 1.807) is 0 Å². The first kappa shape index (κ1) is 24.5. The van der Waals surface area contributed by atoms with Gasteiger partial charge in [-0.05, 0) is 67.0 Å². The van der Waals surface area contributed by atoms with Crippen molar-refractivity contribution in [3.63, 3.8) is 0 Å². The zero-order valence-electron chi connectivity index (χ0n) is 20.3. The number of anilines is 3. The lowest BCUT2D eigenvalue weighted by molar-refractivity contribution is 0.0515. The molecule has 2 N–H and O–H groups in total. The minimum atomic E-state index is -0.222. The molecule has 0 spiro atoms. The van der Waals surface area contributed by atoms with Gasteiger partial charge in [-0.25, -0.2) is 9.37 Å². The maximum Gasteiger partial charge on any atom is 0.170 e. The van der Waals surface area contributed by atoms with E-state index >= 15 is 0 Å². The minimum absolute atomic E-state index is 0.137. The van der Waals surface area contributed by atoms with E-state index in [2.05, 4.69) is 55.7 Å². The van der Waals surface area contributed by atoms with Crippen molar-refractivity contribution in [3.8, 4) is 0 Å². The molecule has 0 amide bonds. The average Bonchev–Trinajstić information content (AvgIpc) is 2.94. The Labute approximate surface area is 217 Å². The molecule has 188 valence electrons. The van der Waals surface area contributed by atoms with E-state index in [1.165, 1.54) is 17.8 Å². The number of pyridine rings is 1. The number of benzene rings is 2. The molecule has 36 heavy (non-hydrogen) atoms. The number of rotatable bonds is 6.